The van der Waals surface area contributed by atoms with Crippen molar-refractivity contribution in [1.82, 2.24) is 15.5 Å². The minimum atomic E-state index is -0.934. The summed E-state index contributed by atoms with van der Waals surface area (Å²) in [5.74, 6) is -0.495. The van der Waals surface area contributed by atoms with E-state index in [0.717, 1.165) is 15.1 Å². The van der Waals surface area contributed by atoms with Gasteiger partial charge in [-0.15, -0.1) is 22.7 Å². The molecule has 1 aliphatic carbocycles. The molecule has 0 atom stereocenters. The number of thiophene rings is 2. The molecule has 4 rings (SSSR count). The Morgan fingerprint density at radius 1 is 1.30 bits per heavy atom. The monoisotopic (exact) mass is 347 g/mol. The third-order valence-electron chi connectivity index (χ3n) is 3.84. The first-order chi connectivity index (χ1) is 11.1. The van der Waals surface area contributed by atoms with Gasteiger partial charge in [0.1, 0.15) is 4.88 Å². The first-order valence-electron chi connectivity index (χ1n) is 7.19. The molecule has 3 heterocycles. The molecule has 0 aromatic carbocycles. The summed E-state index contributed by atoms with van der Waals surface area (Å²) in [6.07, 6.45) is 4.22. The zero-order chi connectivity index (χ0) is 16.0. The maximum Gasteiger partial charge on any atom is 0.345 e. The standard InChI is InChI=1S/C15H13N3O3S2/c19-13(16-6-10-9(5-17-18-10)7-1-2-7)11-3-8-4-12(14(20)21)23-15(8)22-11/h3-5,7H,1-2,6H2,(H,16,19)(H,17,18)(H,20,21). The van der Waals surface area contributed by atoms with E-state index in [9.17, 15) is 9.59 Å². The van der Waals surface area contributed by atoms with Gasteiger partial charge in [0.05, 0.1) is 27.3 Å². The molecule has 8 heteroatoms. The van der Waals surface area contributed by atoms with Crippen molar-refractivity contribution >= 4 is 43.9 Å². The average molecular weight is 347 g/mol. The number of carboxylic acids is 1. The molecule has 0 aliphatic heterocycles. The molecule has 23 heavy (non-hydrogen) atoms. The van der Waals surface area contributed by atoms with Crippen LogP contribution in [0.1, 0.15) is 49.4 Å². The molecular weight excluding hydrogens is 334 g/mol. The van der Waals surface area contributed by atoms with Gasteiger partial charge >= 0.3 is 5.97 Å². The SMILES string of the molecule is O=C(O)c1cc2cc(C(=O)NCc3[nH]ncc3C3CC3)sc2s1. The molecule has 3 N–H and O–H groups in total. The topological polar surface area (TPSA) is 95.1 Å². The van der Waals surface area contributed by atoms with E-state index in [1.165, 1.54) is 41.1 Å². The lowest BCUT2D eigenvalue weighted by atomic mass is 10.1. The van der Waals surface area contributed by atoms with Crippen molar-refractivity contribution in [1.29, 1.82) is 0 Å². The molecule has 6 nitrogen and oxygen atoms in total. The number of rotatable bonds is 5. The van der Waals surface area contributed by atoms with Crippen molar-refractivity contribution < 1.29 is 14.7 Å². The van der Waals surface area contributed by atoms with Crippen LogP contribution in [0.25, 0.3) is 9.40 Å². The summed E-state index contributed by atoms with van der Waals surface area (Å²) >= 11 is 2.52. The van der Waals surface area contributed by atoms with Crippen LogP contribution in [-0.2, 0) is 6.54 Å². The smallest absolute Gasteiger partial charge is 0.345 e. The van der Waals surface area contributed by atoms with Crippen molar-refractivity contribution in [3.8, 4) is 0 Å². The second kappa shape index (κ2) is 5.47. The Morgan fingerprint density at radius 2 is 2.04 bits per heavy atom. The fourth-order valence-electron chi connectivity index (χ4n) is 2.52. The Morgan fingerprint density at radius 3 is 2.74 bits per heavy atom. The third kappa shape index (κ3) is 2.75. The van der Waals surface area contributed by atoms with Crippen LogP contribution in [0.15, 0.2) is 18.3 Å². The minimum absolute atomic E-state index is 0.147. The summed E-state index contributed by atoms with van der Waals surface area (Å²) in [6, 6.07) is 3.35. The molecule has 1 saturated carbocycles. The number of aromatic carboxylic acids is 1. The van der Waals surface area contributed by atoms with Crippen LogP contribution in [-0.4, -0.2) is 27.2 Å². The Balaban J connectivity index is 1.47. The number of nitrogens with one attached hydrogen (secondary N) is 2. The number of carbonyl (C=O) groups is 2. The number of hydrogen-bond donors (Lipinski definition) is 3. The zero-order valence-corrected chi connectivity index (χ0v) is 13.6. The van der Waals surface area contributed by atoms with Crippen molar-refractivity contribution in [2.75, 3.05) is 0 Å². The van der Waals surface area contributed by atoms with Crippen LogP contribution in [0.5, 0.6) is 0 Å². The van der Waals surface area contributed by atoms with Gasteiger partial charge in [0.15, 0.2) is 0 Å². The molecule has 0 bridgehead atoms. The van der Waals surface area contributed by atoms with E-state index in [2.05, 4.69) is 15.5 Å². The maximum absolute atomic E-state index is 12.3. The quantitative estimate of drug-likeness (QED) is 0.660. The Labute approximate surface area is 139 Å². The molecule has 1 aliphatic rings. The molecule has 0 radical (unpaired) electrons. The maximum atomic E-state index is 12.3. The van der Waals surface area contributed by atoms with Crippen molar-refractivity contribution in [3.63, 3.8) is 0 Å². The van der Waals surface area contributed by atoms with E-state index >= 15 is 0 Å². The van der Waals surface area contributed by atoms with E-state index in [-0.39, 0.29) is 5.91 Å². The predicted octanol–water partition coefficient (Wildman–Crippen LogP) is 3.19. The molecular formula is C15H13N3O3S2. The normalized spacial score (nSPS) is 14.3. The minimum Gasteiger partial charge on any atom is -0.477 e. The number of H-pyrrole nitrogens is 1. The predicted molar refractivity (Wildman–Crippen MR) is 88.4 cm³/mol. The van der Waals surface area contributed by atoms with Crippen molar-refractivity contribution in [2.45, 2.75) is 25.3 Å². The van der Waals surface area contributed by atoms with E-state index in [1.807, 2.05) is 6.20 Å². The lowest BCUT2D eigenvalue weighted by molar-refractivity contribution is 0.0702. The van der Waals surface area contributed by atoms with Gasteiger partial charge < -0.3 is 10.4 Å². The fraction of sp³-hybridized carbons (Fsp3) is 0.267. The second-order valence-electron chi connectivity index (χ2n) is 5.53. The number of carbonyl (C=O) groups excluding carboxylic acids is 1. The van der Waals surface area contributed by atoms with E-state index in [0.29, 0.717) is 22.2 Å². The Hall–Kier alpha value is -2.19. The lowest BCUT2D eigenvalue weighted by Gasteiger charge is -2.03. The molecule has 0 spiro atoms. The van der Waals surface area contributed by atoms with E-state index in [1.54, 1.807) is 12.1 Å². The van der Waals surface area contributed by atoms with Gasteiger partial charge in [0, 0.05) is 5.39 Å². The highest BCUT2D eigenvalue weighted by atomic mass is 32.2. The number of fused-ring (bicyclic) bond motifs is 1. The molecule has 3 aromatic heterocycles. The van der Waals surface area contributed by atoms with Gasteiger partial charge in [-0.1, -0.05) is 0 Å². The molecule has 1 fully saturated rings. The molecule has 0 unspecified atom stereocenters. The van der Waals surface area contributed by atoms with Gasteiger partial charge in [0.2, 0.25) is 0 Å². The number of aromatic nitrogens is 2. The summed E-state index contributed by atoms with van der Waals surface area (Å²) in [7, 11) is 0. The van der Waals surface area contributed by atoms with Crippen LogP contribution >= 0.6 is 22.7 Å². The van der Waals surface area contributed by atoms with Gasteiger partial charge in [-0.2, -0.15) is 5.10 Å². The van der Waals surface area contributed by atoms with Crippen LogP contribution in [0.3, 0.4) is 0 Å². The summed E-state index contributed by atoms with van der Waals surface area (Å²) in [5, 5.41) is 19.7. The van der Waals surface area contributed by atoms with E-state index in [4.69, 9.17) is 5.11 Å². The highest BCUT2D eigenvalue weighted by Crippen LogP contribution is 2.41. The zero-order valence-electron chi connectivity index (χ0n) is 12.0. The third-order valence-corrected chi connectivity index (χ3v) is 6.22. The Bertz CT molecular complexity index is 873. The van der Waals surface area contributed by atoms with Gasteiger partial charge in [-0.3, -0.25) is 9.89 Å². The number of carboxylic acid groups (broad SMARTS) is 1. The first-order valence-corrected chi connectivity index (χ1v) is 8.82. The highest BCUT2D eigenvalue weighted by Gasteiger charge is 2.27. The highest BCUT2D eigenvalue weighted by molar-refractivity contribution is 7.39. The summed E-state index contributed by atoms with van der Waals surface area (Å²) in [5.41, 5.74) is 2.16. The summed E-state index contributed by atoms with van der Waals surface area (Å²) in [6.45, 7) is 0.427. The fourth-order valence-corrected chi connectivity index (χ4v) is 4.72. The van der Waals surface area contributed by atoms with Crippen LogP contribution in [0.2, 0.25) is 0 Å². The van der Waals surface area contributed by atoms with Crippen LogP contribution < -0.4 is 5.32 Å². The number of hydrogen-bond acceptors (Lipinski definition) is 5. The summed E-state index contributed by atoms with van der Waals surface area (Å²) < 4.78 is 0.854. The van der Waals surface area contributed by atoms with Crippen LogP contribution in [0.4, 0.5) is 0 Å². The number of aromatic amines is 1. The van der Waals surface area contributed by atoms with Crippen molar-refractivity contribution in [2.24, 2.45) is 0 Å². The van der Waals surface area contributed by atoms with Crippen molar-refractivity contribution in [3.05, 3.63) is 39.3 Å². The summed E-state index contributed by atoms with van der Waals surface area (Å²) in [4.78, 5) is 24.1. The Kier molecular flexibility index (Phi) is 3.42. The van der Waals surface area contributed by atoms with Gasteiger partial charge in [-0.25, -0.2) is 4.79 Å². The van der Waals surface area contributed by atoms with Gasteiger partial charge in [-0.05, 0) is 36.5 Å². The van der Waals surface area contributed by atoms with Gasteiger partial charge in [0.25, 0.3) is 5.91 Å². The number of nitrogens with zero attached hydrogens (tertiary/aromatic N) is 1. The molecule has 118 valence electrons. The largest absolute Gasteiger partial charge is 0.477 e. The first kappa shape index (κ1) is 14.4. The molecule has 3 aromatic rings. The lowest BCUT2D eigenvalue weighted by Crippen LogP contribution is -2.22. The van der Waals surface area contributed by atoms with Crippen LogP contribution in [0, 0.1) is 0 Å². The number of amides is 1. The van der Waals surface area contributed by atoms with E-state index < -0.39 is 5.97 Å². The molecule has 1 amide bonds. The average Bonchev–Trinajstić information content (AvgIpc) is 2.96. The second-order valence-corrected chi connectivity index (χ2v) is 7.89. The molecule has 0 saturated heterocycles.